The summed E-state index contributed by atoms with van der Waals surface area (Å²) in [5.41, 5.74) is 1.74. The van der Waals surface area contributed by atoms with Crippen LogP contribution in [0.2, 0.25) is 15.1 Å². The van der Waals surface area contributed by atoms with Gasteiger partial charge in [0.25, 0.3) is 5.91 Å². The van der Waals surface area contributed by atoms with Gasteiger partial charge in [-0.3, -0.25) is 4.79 Å². The van der Waals surface area contributed by atoms with E-state index in [2.05, 4.69) is 5.32 Å². The van der Waals surface area contributed by atoms with Crippen LogP contribution in [0.15, 0.2) is 48.5 Å². The number of carbonyl (C=O) groups is 1. The van der Waals surface area contributed by atoms with Crippen molar-refractivity contribution in [2.24, 2.45) is 0 Å². The van der Waals surface area contributed by atoms with E-state index in [0.29, 0.717) is 43.0 Å². The third-order valence-electron chi connectivity index (χ3n) is 5.68. The second kappa shape index (κ2) is 9.74. The van der Waals surface area contributed by atoms with Crippen LogP contribution < -0.4 is 10.1 Å². The number of nitrogens with zero attached hydrogens (tertiary/aromatic N) is 1. The SMILES string of the molecule is CC1(C)CC(NC(=O)C(O)C(F)(F)F)c2cc(-c3ccc(Cl)cc3)c(-c3ccc(Cl)cc3Cl)nc2O1. The number of alkyl halides is 3. The zero-order valence-electron chi connectivity index (χ0n) is 19.0. The average Bonchev–Trinajstić information content (AvgIpc) is 2.77. The van der Waals surface area contributed by atoms with Gasteiger partial charge in [0.05, 0.1) is 16.8 Å². The Labute approximate surface area is 220 Å². The third kappa shape index (κ3) is 5.57. The van der Waals surface area contributed by atoms with Gasteiger partial charge in [0.1, 0.15) is 5.60 Å². The van der Waals surface area contributed by atoms with E-state index in [1.807, 2.05) is 0 Å². The Morgan fingerprint density at radius 1 is 1.08 bits per heavy atom. The molecule has 2 N–H and O–H groups in total. The number of pyridine rings is 1. The first-order valence-electron chi connectivity index (χ1n) is 10.8. The van der Waals surface area contributed by atoms with Crippen molar-refractivity contribution in [2.45, 2.75) is 44.2 Å². The molecular formula is C25H20Cl3F3N2O3. The number of ether oxygens (including phenoxy) is 1. The maximum absolute atomic E-state index is 12.9. The molecule has 0 radical (unpaired) electrons. The summed E-state index contributed by atoms with van der Waals surface area (Å²) in [5.74, 6) is -1.44. The van der Waals surface area contributed by atoms with Crippen LogP contribution in [0.3, 0.4) is 0 Å². The Morgan fingerprint density at radius 2 is 1.72 bits per heavy atom. The van der Waals surface area contributed by atoms with Gasteiger partial charge in [-0.1, -0.05) is 46.9 Å². The summed E-state index contributed by atoms with van der Waals surface area (Å²) in [5, 5.41) is 13.0. The van der Waals surface area contributed by atoms with Crippen molar-refractivity contribution < 1.29 is 27.8 Å². The maximum atomic E-state index is 12.9. The molecule has 2 aromatic carbocycles. The van der Waals surface area contributed by atoms with Gasteiger partial charge < -0.3 is 15.2 Å². The van der Waals surface area contributed by atoms with Crippen molar-refractivity contribution in [3.05, 3.63) is 69.2 Å². The van der Waals surface area contributed by atoms with E-state index < -0.39 is 29.8 Å². The molecule has 5 nitrogen and oxygen atoms in total. The van der Waals surface area contributed by atoms with E-state index in [9.17, 15) is 23.1 Å². The van der Waals surface area contributed by atoms with Gasteiger partial charge in [-0.15, -0.1) is 0 Å². The van der Waals surface area contributed by atoms with Crippen molar-refractivity contribution in [3.8, 4) is 28.3 Å². The highest BCUT2D eigenvalue weighted by atomic mass is 35.5. The molecule has 2 atom stereocenters. The molecule has 1 aliphatic heterocycles. The fourth-order valence-electron chi connectivity index (χ4n) is 4.01. The van der Waals surface area contributed by atoms with Crippen molar-refractivity contribution in [1.82, 2.24) is 10.3 Å². The summed E-state index contributed by atoms with van der Waals surface area (Å²) in [4.78, 5) is 16.9. The molecule has 2 heterocycles. The van der Waals surface area contributed by atoms with E-state index >= 15 is 0 Å². The summed E-state index contributed by atoms with van der Waals surface area (Å²) in [6.07, 6.45) is -8.13. The van der Waals surface area contributed by atoms with Gasteiger partial charge >= 0.3 is 6.18 Å². The first-order chi connectivity index (χ1) is 16.7. The number of aliphatic hydroxyl groups is 1. The highest BCUT2D eigenvalue weighted by Crippen LogP contribution is 2.45. The number of aliphatic hydroxyl groups excluding tert-OH is 1. The zero-order valence-corrected chi connectivity index (χ0v) is 21.2. The van der Waals surface area contributed by atoms with E-state index in [1.54, 1.807) is 62.4 Å². The van der Waals surface area contributed by atoms with Crippen LogP contribution in [-0.2, 0) is 4.79 Å². The number of carbonyl (C=O) groups excluding carboxylic acids is 1. The minimum Gasteiger partial charge on any atom is -0.471 e. The molecule has 36 heavy (non-hydrogen) atoms. The molecule has 2 unspecified atom stereocenters. The van der Waals surface area contributed by atoms with Gasteiger partial charge in [-0.25, -0.2) is 4.98 Å². The predicted octanol–water partition coefficient (Wildman–Crippen LogP) is 7.02. The lowest BCUT2D eigenvalue weighted by atomic mass is 9.88. The molecule has 1 aliphatic rings. The number of rotatable bonds is 4. The van der Waals surface area contributed by atoms with E-state index in [-0.39, 0.29) is 12.3 Å². The largest absolute Gasteiger partial charge is 0.471 e. The first kappa shape index (κ1) is 26.5. The lowest BCUT2D eigenvalue weighted by Crippen LogP contribution is -2.48. The minimum absolute atomic E-state index is 0.122. The van der Waals surface area contributed by atoms with Crippen LogP contribution in [0.5, 0.6) is 5.88 Å². The highest BCUT2D eigenvalue weighted by molar-refractivity contribution is 6.36. The van der Waals surface area contributed by atoms with E-state index in [0.717, 1.165) is 0 Å². The summed E-state index contributed by atoms with van der Waals surface area (Å²) in [7, 11) is 0. The van der Waals surface area contributed by atoms with Crippen LogP contribution in [0.25, 0.3) is 22.4 Å². The predicted molar refractivity (Wildman–Crippen MR) is 132 cm³/mol. The molecule has 1 aromatic heterocycles. The van der Waals surface area contributed by atoms with Crippen molar-refractivity contribution in [1.29, 1.82) is 0 Å². The summed E-state index contributed by atoms with van der Waals surface area (Å²) in [6.45, 7) is 3.44. The number of amides is 1. The number of aromatic nitrogens is 1. The standard InChI is InChI=1S/C25H20Cl3F3N2O3/c1-24(2)11-19(32-22(35)21(34)25(29,30)31)17-10-16(12-3-5-13(26)6-4-12)20(33-23(17)36-24)15-8-7-14(27)9-18(15)28/h3-10,19,21,34H,11H2,1-2H3,(H,32,35). The van der Waals surface area contributed by atoms with Crippen LogP contribution >= 0.6 is 34.8 Å². The lowest BCUT2D eigenvalue weighted by Gasteiger charge is -2.38. The molecule has 0 bridgehead atoms. The van der Waals surface area contributed by atoms with Gasteiger partial charge in [0.15, 0.2) is 0 Å². The number of fused-ring (bicyclic) bond motifs is 1. The number of nitrogens with one attached hydrogen (secondary N) is 1. The van der Waals surface area contributed by atoms with Crippen molar-refractivity contribution in [3.63, 3.8) is 0 Å². The molecule has 4 rings (SSSR count). The van der Waals surface area contributed by atoms with Gasteiger partial charge in [0, 0.05) is 33.2 Å². The van der Waals surface area contributed by atoms with Gasteiger partial charge in [-0.2, -0.15) is 13.2 Å². The second-order valence-corrected chi connectivity index (χ2v) is 10.3. The monoisotopic (exact) mass is 558 g/mol. The van der Waals surface area contributed by atoms with Crippen molar-refractivity contribution in [2.75, 3.05) is 0 Å². The molecular weight excluding hydrogens is 540 g/mol. The zero-order chi connectivity index (χ0) is 26.4. The summed E-state index contributed by atoms with van der Waals surface area (Å²) < 4.78 is 44.9. The average molecular weight is 560 g/mol. The van der Waals surface area contributed by atoms with Gasteiger partial charge in [0.2, 0.25) is 12.0 Å². The Hall–Kier alpha value is -2.52. The topological polar surface area (TPSA) is 71.5 Å². The molecule has 0 aliphatic carbocycles. The number of benzene rings is 2. The van der Waals surface area contributed by atoms with Crippen LogP contribution in [0, 0.1) is 0 Å². The molecule has 0 saturated carbocycles. The Bertz CT molecular complexity index is 1310. The Kier molecular flexibility index (Phi) is 7.18. The summed E-state index contributed by atoms with van der Waals surface area (Å²) in [6, 6.07) is 12.6. The fraction of sp³-hybridized carbons (Fsp3) is 0.280. The van der Waals surface area contributed by atoms with Crippen molar-refractivity contribution >= 4 is 40.7 Å². The number of hydrogen-bond acceptors (Lipinski definition) is 4. The molecule has 0 fully saturated rings. The van der Waals surface area contributed by atoms with E-state index in [1.165, 1.54) is 0 Å². The van der Waals surface area contributed by atoms with Crippen LogP contribution in [0.1, 0.15) is 31.9 Å². The lowest BCUT2D eigenvalue weighted by molar-refractivity contribution is -0.205. The quantitative estimate of drug-likeness (QED) is 0.360. The molecule has 3 aromatic rings. The first-order valence-corrected chi connectivity index (χ1v) is 11.9. The number of hydrogen-bond donors (Lipinski definition) is 2. The normalized spacial score (nSPS) is 17.6. The minimum atomic E-state index is -5.10. The molecule has 11 heteroatoms. The van der Waals surface area contributed by atoms with Crippen LogP contribution in [0.4, 0.5) is 13.2 Å². The fourth-order valence-corrected chi connectivity index (χ4v) is 4.64. The molecule has 0 saturated heterocycles. The Balaban J connectivity index is 1.89. The molecule has 1 amide bonds. The van der Waals surface area contributed by atoms with E-state index in [4.69, 9.17) is 44.5 Å². The van der Waals surface area contributed by atoms with Gasteiger partial charge in [-0.05, 0) is 55.8 Å². The Morgan fingerprint density at radius 3 is 2.33 bits per heavy atom. The maximum Gasteiger partial charge on any atom is 0.423 e. The third-order valence-corrected chi connectivity index (χ3v) is 6.48. The molecule has 190 valence electrons. The summed E-state index contributed by atoms with van der Waals surface area (Å²) >= 11 is 18.6. The van der Waals surface area contributed by atoms with Crippen LogP contribution in [-0.4, -0.2) is 33.9 Å². The second-order valence-electron chi connectivity index (χ2n) is 8.98. The molecule has 0 spiro atoms. The number of halogens is 6. The highest BCUT2D eigenvalue weighted by Gasteiger charge is 2.45. The smallest absolute Gasteiger partial charge is 0.423 e.